The van der Waals surface area contributed by atoms with E-state index in [1.165, 1.54) is 6.07 Å². The highest BCUT2D eigenvalue weighted by Crippen LogP contribution is 2.34. The molecule has 2 aromatic rings. The Morgan fingerprint density at radius 2 is 1.79 bits per heavy atom. The topological polar surface area (TPSA) is 20.2 Å². The molecule has 0 fully saturated rings. The van der Waals surface area contributed by atoms with Gasteiger partial charge in [-0.25, -0.2) is 4.39 Å². The molecule has 1 N–H and O–H groups in total. The van der Waals surface area contributed by atoms with Crippen LogP contribution in [0.25, 0.3) is 0 Å². The molecule has 1 atom stereocenters. The van der Waals surface area contributed by atoms with Crippen molar-refractivity contribution in [2.75, 3.05) is 0 Å². The van der Waals surface area contributed by atoms with E-state index in [0.717, 1.165) is 20.1 Å². The summed E-state index contributed by atoms with van der Waals surface area (Å²) < 4.78 is 15.7. The molecule has 0 bridgehead atoms. The molecule has 4 heteroatoms. The summed E-state index contributed by atoms with van der Waals surface area (Å²) in [6, 6.07) is 8.78. The van der Waals surface area contributed by atoms with E-state index in [9.17, 15) is 9.50 Å². The number of benzene rings is 2. The molecule has 0 spiro atoms. The van der Waals surface area contributed by atoms with Crippen molar-refractivity contribution in [1.82, 2.24) is 0 Å². The van der Waals surface area contributed by atoms with Crippen molar-refractivity contribution in [3.63, 3.8) is 0 Å². The maximum atomic E-state index is 14.1. The van der Waals surface area contributed by atoms with Gasteiger partial charge in [-0.15, -0.1) is 0 Å². The summed E-state index contributed by atoms with van der Waals surface area (Å²) in [5.41, 5.74) is 2.56. The van der Waals surface area contributed by atoms with Gasteiger partial charge in [0.1, 0.15) is 11.9 Å². The maximum absolute atomic E-state index is 14.1. The van der Waals surface area contributed by atoms with Crippen molar-refractivity contribution in [3.05, 3.63) is 67.3 Å². The van der Waals surface area contributed by atoms with Gasteiger partial charge in [0.2, 0.25) is 0 Å². The fraction of sp³-hybridized carbons (Fsp3) is 0.200. The number of aliphatic hydroxyl groups is 1. The molecule has 0 aromatic heterocycles. The van der Waals surface area contributed by atoms with E-state index in [1.807, 2.05) is 25.1 Å². The average Bonchev–Trinajstić information content (AvgIpc) is 2.30. The van der Waals surface area contributed by atoms with Crippen LogP contribution in [0.5, 0.6) is 0 Å². The van der Waals surface area contributed by atoms with Gasteiger partial charge in [-0.3, -0.25) is 0 Å². The Labute approximate surface area is 128 Å². The Morgan fingerprint density at radius 3 is 2.42 bits per heavy atom. The van der Waals surface area contributed by atoms with Crippen LogP contribution in [-0.4, -0.2) is 5.11 Å². The third-order valence-electron chi connectivity index (χ3n) is 3.01. The zero-order chi connectivity index (χ0) is 14.2. The van der Waals surface area contributed by atoms with Gasteiger partial charge < -0.3 is 5.11 Å². The third kappa shape index (κ3) is 3.07. The SMILES string of the molecule is Cc1cc(C)c(C(O)c2cc(Br)ccc2Br)c(F)c1. The molecular formula is C15H13Br2FO. The molecule has 0 saturated heterocycles. The maximum Gasteiger partial charge on any atom is 0.129 e. The molecule has 0 saturated carbocycles. The van der Waals surface area contributed by atoms with Gasteiger partial charge >= 0.3 is 0 Å². The van der Waals surface area contributed by atoms with Crippen molar-refractivity contribution in [1.29, 1.82) is 0 Å². The Kier molecular flexibility index (Phi) is 4.43. The van der Waals surface area contributed by atoms with Crippen LogP contribution in [0, 0.1) is 19.7 Å². The highest BCUT2D eigenvalue weighted by atomic mass is 79.9. The summed E-state index contributed by atoms with van der Waals surface area (Å²) in [6.07, 6.45) is -0.993. The summed E-state index contributed by atoms with van der Waals surface area (Å²) in [4.78, 5) is 0. The molecule has 0 heterocycles. The van der Waals surface area contributed by atoms with E-state index in [4.69, 9.17) is 0 Å². The van der Waals surface area contributed by atoms with Gasteiger partial charge in [0.25, 0.3) is 0 Å². The van der Waals surface area contributed by atoms with E-state index < -0.39 is 6.10 Å². The van der Waals surface area contributed by atoms with Gasteiger partial charge in [-0.1, -0.05) is 37.9 Å². The second-order valence-electron chi connectivity index (χ2n) is 4.55. The van der Waals surface area contributed by atoms with Crippen molar-refractivity contribution in [2.45, 2.75) is 20.0 Å². The molecule has 19 heavy (non-hydrogen) atoms. The normalized spacial score (nSPS) is 12.5. The summed E-state index contributed by atoms with van der Waals surface area (Å²) in [5, 5.41) is 10.5. The van der Waals surface area contributed by atoms with Crippen LogP contribution < -0.4 is 0 Å². The minimum Gasteiger partial charge on any atom is -0.383 e. The molecular weight excluding hydrogens is 375 g/mol. The Morgan fingerprint density at radius 1 is 1.11 bits per heavy atom. The fourth-order valence-electron chi connectivity index (χ4n) is 2.15. The fourth-order valence-corrected chi connectivity index (χ4v) is 3.00. The van der Waals surface area contributed by atoms with Crippen molar-refractivity contribution >= 4 is 31.9 Å². The quantitative estimate of drug-likeness (QED) is 0.764. The van der Waals surface area contributed by atoms with Gasteiger partial charge in [-0.05, 0) is 49.2 Å². The van der Waals surface area contributed by atoms with Crippen LogP contribution in [0.15, 0.2) is 39.3 Å². The first-order chi connectivity index (χ1) is 8.90. The van der Waals surface area contributed by atoms with Crippen molar-refractivity contribution in [2.24, 2.45) is 0 Å². The largest absolute Gasteiger partial charge is 0.383 e. The van der Waals surface area contributed by atoms with Crippen LogP contribution in [0.2, 0.25) is 0 Å². The number of aryl methyl sites for hydroxylation is 2. The zero-order valence-electron chi connectivity index (χ0n) is 10.5. The van der Waals surface area contributed by atoms with Crippen LogP contribution in [0.3, 0.4) is 0 Å². The molecule has 100 valence electrons. The van der Waals surface area contributed by atoms with Gasteiger partial charge in [0.05, 0.1) is 0 Å². The lowest BCUT2D eigenvalue weighted by Gasteiger charge is -2.17. The first-order valence-corrected chi connectivity index (χ1v) is 7.38. The number of halogens is 3. The Hall–Kier alpha value is -0.710. The van der Waals surface area contributed by atoms with Gasteiger partial charge in [0.15, 0.2) is 0 Å². The molecule has 0 aliphatic rings. The molecule has 0 amide bonds. The predicted molar refractivity (Wildman–Crippen MR) is 81.8 cm³/mol. The molecule has 2 aromatic carbocycles. The second kappa shape index (κ2) is 5.73. The summed E-state index contributed by atoms with van der Waals surface area (Å²) in [5.74, 6) is -0.378. The lowest BCUT2D eigenvalue weighted by molar-refractivity contribution is 0.213. The minimum atomic E-state index is -0.993. The van der Waals surface area contributed by atoms with Crippen molar-refractivity contribution in [3.8, 4) is 0 Å². The highest BCUT2D eigenvalue weighted by molar-refractivity contribution is 9.11. The van der Waals surface area contributed by atoms with Gasteiger partial charge in [0, 0.05) is 20.1 Å². The van der Waals surface area contributed by atoms with Crippen LogP contribution in [-0.2, 0) is 0 Å². The van der Waals surface area contributed by atoms with Crippen LogP contribution in [0.1, 0.15) is 28.4 Å². The van der Waals surface area contributed by atoms with Gasteiger partial charge in [-0.2, -0.15) is 0 Å². The molecule has 0 radical (unpaired) electrons. The van der Waals surface area contributed by atoms with E-state index in [1.54, 1.807) is 13.0 Å². The lowest BCUT2D eigenvalue weighted by Crippen LogP contribution is -2.06. The standard InChI is InChI=1S/C15H13Br2FO/c1-8-5-9(2)14(13(18)6-8)15(19)11-7-10(16)3-4-12(11)17/h3-7,15,19H,1-2H3. The molecule has 1 unspecified atom stereocenters. The average molecular weight is 388 g/mol. The molecule has 0 aliphatic carbocycles. The number of hydrogen-bond donors (Lipinski definition) is 1. The third-order valence-corrected chi connectivity index (χ3v) is 4.22. The number of rotatable bonds is 2. The van der Waals surface area contributed by atoms with E-state index in [2.05, 4.69) is 31.9 Å². The first-order valence-electron chi connectivity index (χ1n) is 5.80. The van der Waals surface area contributed by atoms with E-state index in [0.29, 0.717) is 11.1 Å². The smallest absolute Gasteiger partial charge is 0.129 e. The lowest BCUT2D eigenvalue weighted by atomic mass is 9.95. The first kappa shape index (κ1) is 14.7. The Balaban J connectivity index is 2.56. The summed E-state index contributed by atoms with van der Waals surface area (Å²) >= 11 is 6.75. The summed E-state index contributed by atoms with van der Waals surface area (Å²) in [6.45, 7) is 3.64. The molecule has 1 nitrogen and oxygen atoms in total. The molecule has 0 aliphatic heterocycles. The van der Waals surface area contributed by atoms with Crippen molar-refractivity contribution < 1.29 is 9.50 Å². The number of hydrogen-bond acceptors (Lipinski definition) is 1. The predicted octanol–water partition coefficient (Wildman–Crippen LogP) is 5.05. The minimum absolute atomic E-state index is 0.324. The summed E-state index contributed by atoms with van der Waals surface area (Å²) in [7, 11) is 0. The Bertz CT molecular complexity index is 603. The van der Waals surface area contributed by atoms with Crippen LogP contribution >= 0.6 is 31.9 Å². The molecule has 2 rings (SSSR count). The highest BCUT2D eigenvalue weighted by Gasteiger charge is 2.20. The van der Waals surface area contributed by atoms with Crippen LogP contribution in [0.4, 0.5) is 4.39 Å². The van der Waals surface area contributed by atoms with E-state index in [-0.39, 0.29) is 5.82 Å². The zero-order valence-corrected chi connectivity index (χ0v) is 13.7. The second-order valence-corrected chi connectivity index (χ2v) is 6.32. The van der Waals surface area contributed by atoms with E-state index >= 15 is 0 Å². The number of aliphatic hydroxyl groups excluding tert-OH is 1. The monoisotopic (exact) mass is 386 g/mol.